The highest BCUT2D eigenvalue weighted by Gasteiger charge is 2.08. The predicted molar refractivity (Wildman–Crippen MR) is 81.0 cm³/mol. The zero-order valence-electron chi connectivity index (χ0n) is 12.3. The summed E-state index contributed by atoms with van der Waals surface area (Å²) in [7, 11) is 0. The lowest BCUT2D eigenvalue weighted by Crippen LogP contribution is -2.35. The van der Waals surface area contributed by atoms with Crippen LogP contribution >= 0.6 is 0 Å². The summed E-state index contributed by atoms with van der Waals surface area (Å²) in [6, 6.07) is 10.4. The van der Waals surface area contributed by atoms with Crippen LogP contribution in [0.1, 0.15) is 27.7 Å². The molecule has 0 heterocycles. The Morgan fingerprint density at radius 2 is 1.50 bits per heavy atom. The number of hydrogen-bond acceptors (Lipinski definition) is 2. The van der Waals surface area contributed by atoms with Gasteiger partial charge >= 0.3 is 0 Å². The molecule has 1 aromatic rings. The fraction of sp³-hybridized carbons (Fsp3) is 0.625. The predicted octanol–water partition coefficient (Wildman–Crippen LogP) is 3.71. The second-order valence-electron chi connectivity index (χ2n) is 5.84. The second kappa shape index (κ2) is 8.15. The first-order valence-corrected chi connectivity index (χ1v) is 7.09. The normalized spacial score (nSPS) is 11.5. The van der Waals surface area contributed by atoms with E-state index in [0.29, 0.717) is 0 Å². The van der Waals surface area contributed by atoms with E-state index >= 15 is 0 Å². The Morgan fingerprint density at radius 3 is 2.00 bits per heavy atom. The van der Waals surface area contributed by atoms with Crippen molar-refractivity contribution in [2.75, 3.05) is 31.5 Å². The highest BCUT2D eigenvalue weighted by atomic mass is 15.1. The van der Waals surface area contributed by atoms with Gasteiger partial charge in [-0.05, 0) is 24.0 Å². The van der Waals surface area contributed by atoms with Gasteiger partial charge in [0.05, 0.1) is 0 Å². The summed E-state index contributed by atoms with van der Waals surface area (Å²) in [4.78, 5) is 2.56. The van der Waals surface area contributed by atoms with Crippen molar-refractivity contribution in [3.8, 4) is 0 Å². The van der Waals surface area contributed by atoms with E-state index in [4.69, 9.17) is 0 Å². The van der Waals surface area contributed by atoms with Crippen LogP contribution in [0.15, 0.2) is 30.3 Å². The summed E-state index contributed by atoms with van der Waals surface area (Å²) in [5.41, 5.74) is 1.21. The lowest BCUT2D eigenvalue weighted by Gasteiger charge is -2.26. The van der Waals surface area contributed by atoms with E-state index in [0.717, 1.165) is 24.9 Å². The fourth-order valence-electron chi connectivity index (χ4n) is 2.20. The van der Waals surface area contributed by atoms with Gasteiger partial charge in [0.1, 0.15) is 0 Å². The van der Waals surface area contributed by atoms with E-state index in [1.807, 2.05) is 0 Å². The standard InChI is InChI=1S/C16H28N2/c1-14(2)12-18(13-15(3)4)11-10-17-16-8-6-5-7-9-16/h5-9,14-15,17H,10-13H2,1-4H3. The molecule has 1 aromatic carbocycles. The van der Waals surface area contributed by atoms with Crippen LogP contribution in [0.25, 0.3) is 0 Å². The minimum atomic E-state index is 0.737. The Bertz CT molecular complexity index is 296. The van der Waals surface area contributed by atoms with Crippen molar-refractivity contribution in [2.24, 2.45) is 11.8 Å². The highest BCUT2D eigenvalue weighted by molar-refractivity contribution is 5.42. The van der Waals surface area contributed by atoms with Gasteiger partial charge in [0, 0.05) is 31.9 Å². The van der Waals surface area contributed by atoms with E-state index in [2.05, 4.69) is 68.2 Å². The van der Waals surface area contributed by atoms with Gasteiger partial charge < -0.3 is 10.2 Å². The average Bonchev–Trinajstić information content (AvgIpc) is 2.28. The largest absolute Gasteiger partial charge is 0.384 e. The Labute approximate surface area is 112 Å². The summed E-state index contributed by atoms with van der Waals surface area (Å²) in [6.07, 6.45) is 0. The highest BCUT2D eigenvalue weighted by Crippen LogP contribution is 2.06. The molecule has 0 aromatic heterocycles. The number of hydrogen-bond donors (Lipinski definition) is 1. The summed E-state index contributed by atoms with van der Waals surface area (Å²) >= 11 is 0. The second-order valence-corrected chi connectivity index (χ2v) is 5.84. The number of rotatable bonds is 8. The van der Waals surface area contributed by atoms with Crippen molar-refractivity contribution in [2.45, 2.75) is 27.7 Å². The minimum Gasteiger partial charge on any atom is -0.384 e. The van der Waals surface area contributed by atoms with E-state index in [1.165, 1.54) is 18.8 Å². The van der Waals surface area contributed by atoms with Crippen LogP contribution in [0, 0.1) is 11.8 Å². The van der Waals surface area contributed by atoms with E-state index in [1.54, 1.807) is 0 Å². The molecule has 18 heavy (non-hydrogen) atoms. The molecule has 0 saturated heterocycles. The molecular formula is C16H28N2. The van der Waals surface area contributed by atoms with Crippen LogP contribution in [0.3, 0.4) is 0 Å². The van der Waals surface area contributed by atoms with Crippen molar-refractivity contribution >= 4 is 5.69 Å². The fourth-order valence-corrected chi connectivity index (χ4v) is 2.20. The summed E-state index contributed by atoms with van der Waals surface area (Å²) in [5.74, 6) is 1.47. The molecule has 0 fully saturated rings. The molecule has 0 atom stereocenters. The number of nitrogens with one attached hydrogen (secondary N) is 1. The first-order chi connectivity index (χ1) is 8.58. The van der Waals surface area contributed by atoms with E-state index < -0.39 is 0 Å². The lowest BCUT2D eigenvalue weighted by atomic mass is 10.1. The van der Waals surface area contributed by atoms with Crippen LogP contribution in [0.5, 0.6) is 0 Å². The van der Waals surface area contributed by atoms with Crippen molar-refractivity contribution in [1.82, 2.24) is 4.90 Å². The number of benzene rings is 1. The molecule has 0 aliphatic heterocycles. The quantitative estimate of drug-likeness (QED) is 0.754. The molecule has 102 valence electrons. The van der Waals surface area contributed by atoms with Gasteiger partial charge in [0.25, 0.3) is 0 Å². The average molecular weight is 248 g/mol. The molecule has 0 saturated carbocycles. The van der Waals surface area contributed by atoms with Crippen LogP contribution in [-0.2, 0) is 0 Å². The molecule has 1 rings (SSSR count). The number of para-hydroxylation sites is 1. The van der Waals surface area contributed by atoms with Gasteiger partial charge in [-0.15, -0.1) is 0 Å². The van der Waals surface area contributed by atoms with Gasteiger partial charge in [-0.3, -0.25) is 0 Å². The third-order valence-electron chi connectivity index (χ3n) is 2.78. The van der Waals surface area contributed by atoms with Crippen LogP contribution < -0.4 is 5.32 Å². The zero-order valence-corrected chi connectivity index (χ0v) is 12.3. The lowest BCUT2D eigenvalue weighted by molar-refractivity contribution is 0.227. The smallest absolute Gasteiger partial charge is 0.0340 e. The molecule has 1 N–H and O–H groups in total. The Hall–Kier alpha value is -1.02. The molecule has 0 amide bonds. The van der Waals surface area contributed by atoms with Crippen molar-refractivity contribution in [3.63, 3.8) is 0 Å². The number of anilines is 1. The molecule has 2 heteroatoms. The first-order valence-electron chi connectivity index (χ1n) is 7.09. The minimum absolute atomic E-state index is 0.737. The van der Waals surface area contributed by atoms with Gasteiger partial charge in [-0.25, -0.2) is 0 Å². The third kappa shape index (κ3) is 6.65. The van der Waals surface area contributed by atoms with Gasteiger partial charge in [-0.2, -0.15) is 0 Å². The Kier molecular flexibility index (Phi) is 6.81. The van der Waals surface area contributed by atoms with Gasteiger partial charge in [0.15, 0.2) is 0 Å². The molecule has 0 spiro atoms. The molecule has 2 nitrogen and oxygen atoms in total. The van der Waals surface area contributed by atoms with Crippen molar-refractivity contribution in [3.05, 3.63) is 30.3 Å². The van der Waals surface area contributed by atoms with E-state index in [-0.39, 0.29) is 0 Å². The SMILES string of the molecule is CC(C)CN(CCNc1ccccc1)CC(C)C. The molecule has 0 unspecified atom stereocenters. The van der Waals surface area contributed by atoms with Crippen molar-refractivity contribution in [1.29, 1.82) is 0 Å². The number of nitrogens with zero attached hydrogens (tertiary/aromatic N) is 1. The van der Waals surface area contributed by atoms with E-state index in [9.17, 15) is 0 Å². The molecule has 0 radical (unpaired) electrons. The molecule has 0 aliphatic carbocycles. The molecule has 0 aliphatic rings. The molecule has 0 bridgehead atoms. The Morgan fingerprint density at radius 1 is 0.944 bits per heavy atom. The van der Waals surface area contributed by atoms with Gasteiger partial charge in [0.2, 0.25) is 0 Å². The van der Waals surface area contributed by atoms with Crippen molar-refractivity contribution < 1.29 is 0 Å². The summed E-state index contributed by atoms with van der Waals surface area (Å²) in [5, 5.41) is 3.48. The Balaban J connectivity index is 2.32. The maximum absolute atomic E-state index is 3.48. The monoisotopic (exact) mass is 248 g/mol. The maximum atomic E-state index is 3.48. The zero-order chi connectivity index (χ0) is 13.4. The first kappa shape index (κ1) is 15.0. The van der Waals surface area contributed by atoms with Gasteiger partial charge in [-0.1, -0.05) is 45.9 Å². The van der Waals surface area contributed by atoms with Crippen LogP contribution in [0.2, 0.25) is 0 Å². The topological polar surface area (TPSA) is 15.3 Å². The third-order valence-corrected chi connectivity index (χ3v) is 2.78. The maximum Gasteiger partial charge on any atom is 0.0340 e. The van der Waals surface area contributed by atoms with Crippen LogP contribution in [-0.4, -0.2) is 31.1 Å². The molecular weight excluding hydrogens is 220 g/mol. The summed E-state index contributed by atoms with van der Waals surface area (Å²) in [6.45, 7) is 13.7. The van der Waals surface area contributed by atoms with Crippen LogP contribution in [0.4, 0.5) is 5.69 Å². The summed E-state index contributed by atoms with van der Waals surface area (Å²) < 4.78 is 0.